The quantitative estimate of drug-likeness (QED) is 0.465. The number of amides is 1. The molecule has 0 aliphatic carbocycles. The van der Waals surface area contributed by atoms with Gasteiger partial charge in [-0.3, -0.25) is 4.79 Å². The molecule has 0 aliphatic heterocycles. The lowest BCUT2D eigenvalue weighted by molar-refractivity contribution is -0.117. The lowest BCUT2D eigenvalue weighted by Crippen LogP contribution is -2.25. The van der Waals surface area contributed by atoms with Crippen molar-refractivity contribution in [3.63, 3.8) is 0 Å². The van der Waals surface area contributed by atoms with Gasteiger partial charge in [-0.15, -0.1) is 0 Å². The average molecular weight is 330 g/mol. The van der Waals surface area contributed by atoms with Crippen LogP contribution >= 0.6 is 11.6 Å². The number of carbonyl (C=O) groups is 1. The van der Waals surface area contributed by atoms with Gasteiger partial charge in [-0.1, -0.05) is 23.7 Å². The van der Waals surface area contributed by atoms with Crippen LogP contribution in [0.3, 0.4) is 0 Å². The molecule has 2 N–H and O–H groups in total. The Kier molecular flexibility index (Phi) is 6.28. The molecule has 1 aromatic carbocycles. The van der Waals surface area contributed by atoms with Gasteiger partial charge < -0.3 is 15.1 Å². The van der Waals surface area contributed by atoms with Gasteiger partial charge in [0.1, 0.15) is 17.4 Å². The van der Waals surface area contributed by atoms with Gasteiger partial charge in [0.15, 0.2) is 0 Å². The first-order valence-corrected chi connectivity index (χ1v) is 7.45. The fraction of sp³-hybridized carbons (Fsp3) is 0.176. The predicted molar refractivity (Wildman–Crippen MR) is 87.4 cm³/mol. The van der Waals surface area contributed by atoms with E-state index in [1.54, 1.807) is 12.1 Å². The minimum atomic E-state index is -0.445. The normalized spacial score (nSPS) is 10.9. The zero-order valence-electron chi connectivity index (χ0n) is 12.4. The van der Waals surface area contributed by atoms with Crippen molar-refractivity contribution in [1.29, 1.82) is 5.26 Å². The Hall–Kier alpha value is -2.71. The van der Waals surface area contributed by atoms with E-state index in [2.05, 4.69) is 10.6 Å². The van der Waals surface area contributed by atoms with Crippen molar-refractivity contribution >= 4 is 17.5 Å². The molecule has 2 rings (SSSR count). The highest BCUT2D eigenvalue weighted by atomic mass is 35.5. The molecule has 6 heteroatoms. The molecule has 0 bridgehead atoms. The van der Waals surface area contributed by atoms with E-state index >= 15 is 0 Å². The van der Waals surface area contributed by atoms with Crippen LogP contribution in [-0.2, 0) is 17.8 Å². The molecule has 2 aromatic rings. The van der Waals surface area contributed by atoms with Gasteiger partial charge >= 0.3 is 0 Å². The summed E-state index contributed by atoms with van der Waals surface area (Å²) in [5, 5.41) is 15.3. The van der Waals surface area contributed by atoms with E-state index in [-0.39, 0.29) is 12.1 Å². The van der Waals surface area contributed by atoms with Crippen LogP contribution in [0.15, 0.2) is 58.9 Å². The summed E-state index contributed by atoms with van der Waals surface area (Å²) in [5.41, 5.74) is 1.10. The zero-order valence-corrected chi connectivity index (χ0v) is 13.1. The monoisotopic (exact) mass is 329 g/mol. The van der Waals surface area contributed by atoms with Gasteiger partial charge in [-0.2, -0.15) is 5.26 Å². The third-order valence-electron chi connectivity index (χ3n) is 3.06. The van der Waals surface area contributed by atoms with Crippen LogP contribution < -0.4 is 10.6 Å². The van der Waals surface area contributed by atoms with Crippen LogP contribution in [0.5, 0.6) is 0 Å². The molecular formula is C17H16ClN3O2. The van der Waals surface area contributed by atoms with Gasteiger partial charge in [0.05, 0.1) is 12.8 Å². The first-order chi connectivity index (χ1) is 11.2. The molecule has 23 heavy (non-hydrogen) atoms. The lowest BCUT2D eigenvalue weighted by Gasteiger charge is -2.04. The second-order valence-electron chi connectivity index (χ2n) is 4.77. The summed E-state index contributed by atoms with van der Waals surface area (Å²) in [7, 11) is 0. The van der Waals surface area contributed by atoms with Gasteiger partial charge in [0.2, 0.25) is 0 Å². The average Bonchev–Trinajstić information content (AvgIpc) is 3.06. The number of nitriles is 1. The van der Waals surface area contributed by atoms with Crippen molar-refractivity contribution in [2.75, 3.05) is 6.54 Å². The highest BCUT2D eigenvalue weighted by molar-refractivity contribution is 6.30. The molecule has 1 heterocycles. The molecular weight excluding hydrogens is 314 g/mol. The fourth-order valence-corrected chi connectivity index (χ4v) is 2.12. The molecule has 118 valence electrons. The van der Waals surface area contributed by atoms with E-state index in [4.69, 9.17) is 21.3 Å². The Balaban J connectivity index is 1.79. The number of hydrogen-bond acceptors (Lipinski definition) is 4. The number of halogens is 1. The van der Waals surface area contributed by atoms with Gasteiger partial charge in [0, 0.05) is 17.8 Å². The van der Waals surface area contributed by atoms with E-state index in [0.717, 1.165) is 12.0 Å². The van der Waals surface area contributed by atoms with Crippen molar-refractivity contribution in [2.45, 2.75) is 13.0 Å². The van der Waals surface area contributed by atoms with Crippen LogP contribution in [0.1, 0.15) is 11.3 Å². The first-order valence-electron chi connectivity index (χ1n) is 7.07. The second kappa shape index (κ2) is 8.66. The minimum Gasteiger partial charge on any atom is -0.467 e. The highest BCUT2D eigenvalue weighted by Crippen LogP contribution is 2.10. The van der Waals surface area contributed by atoms with Gasteiger partial charge in [-0.05, 0) is 36.2 Å². The maximum Gasteiger partial charge on any atom is 0.263 e. The third kappa shape index (κ3) is 5.53. The molecule has 0 radical (unpaired) electrons. The van der Waals surface area contributed by atoms with E-state index in [0.29, 0.717) is 17.3 Å². The number of nitrogens with one attached hydrogen (secondary N) is 2. The van der Waals surface area contributed by atoms with E-state index < -0.39 is 5.91 Å². The summed E-state index contributed by atoms with van der Waals surface area (Å²) < 4.78 is 5.11. The number of nitrogens with zero attached hydrogens (tertiary/aromatic N) is 1. The molecule has 0 atom stereocenters. The van der Waals surface area contributed by atoms with Crippen molar-refractivity contribution in [3.8, 4) is 6.07 Å². The molecule has 0 spiro atoms. The maximum absolute atomic E-state index is 11.9. The Bertz CT molecular complexity index is 718. The summed E-state index contributed by atoms with van der Waals surface area (Å²) in [4.78, 5) is 11.9. The van der Waals surface area contributed by atoms with Crippen molar-refractivity contribution in [2.24, 2.45) is 0 Å². The molecule has 0 saturated carbocycles. The minimum absolute atomic E-state index is 0.0163. The van der Waals surface area contributed by atoms with E-state index in [1.807, 2.05) is 30.3 Å². The molecule has 0 saturated heterocycles. The number of benzene rings is 1. The Morgan fingerprint density at radius 1 is 1.35 bits per heavy atom. The summed E-state index contributed by atoms with van der Waals surface area (Å²) in [6.45, 7) is 0.838. The SMILES string of the molecule is N#C/C(=C/NCCc1cccc(Cl)c1)C(=O)NCc1ccco1. The van der Waals surface area contributed by atoms with Crippen LogP contribution in [0.25, 0.3) is 0 Å². The summed E-state index contributed by atoms with van der Waals surface area (Å²) >= 11 is 5.91. The molecule has 1 amide bonds. The molecule has 5 nitrogen and oxygen atoms in total. The zero-order chi connectivity index (χ0) is 16.5. The molecule has 0 unspecified atom stereocenters. The topological polar surface area (TPSA) is 78.1 Å². The Labute approximate surface area is 139 Å². The number of rotatable bonds is 7. The standard InChI is InChI=1S/C17H16ClN3O2/c18-15-4-1-3-13(9-15)6-7-20-11-14(10-19)17(22)21-12-16-5-2-8-23-16/h1-5,8-9,11,20H,6-7,12H2,(H,21,22)/b14-11-. The Morgan fingerprint density at radius 2 is 2.22 bits per heavy atom. The molecule has 1 aromatic heterocycles. The summed E-state index contributed by atoms with van der Waals surface area (Å²) in [6, 6.07) is 12.9. The van der Waals surface area contributed by atoms with Crippen LogP contribution in [0.4, 0.5) is 0 Å². The highest BCUT2D eigenvalue weighted by Gasteiger charge is 2.08. The van der Waals surface area contributed by atoms with Crippen molar-refractivity contribution in [1.82, 2.24) is 10.6 Å². The fourth-order valence-electron chi connectivity index (χ4n) is 1.91. The van der Waals surface area contributed by atoms with Crippen LogP contribution in [-0.4, -0.2) is 12.5 Å². The number of carbonyl (C=O) groups excluding carboxylic acids is 1. The van der Waals surface area contributed by atoms with Gasteiger partial charge in [-0.25, -0.2) is 0 Å². The maximum atomic E-state index is 11.9. The smallest absolute Gasteiger partial charge is 0.263 e. The molecule has 0 aliphatic rings. The number of hydrogen-bond donors (Lipinski definition) is 2. The van der Waals surface area contributed by atoms with Crippen LogP contribution in [0.2, 0.25) is 5.02 Å². The van der Waals surface area contributed by atoms with Crippen molar-refractivity contribution in [3.05, 3.63) is 70.8 Å². The Morgan fingerprint density at radius 3 is 2.91 bits per heavy atom. The van der Waals surface area contributed by atoms with E-state index in [1.165, 1.54) is 12.5 Å². The summed E-state index contributed by atoms with van der Waals surface area (Å²) in [6.07, 6.45) is 3.69. The summed E-state index contributed by atoms with van der Waals surface area (Å²) in [5.74, 6) is 0.184. The van der Waals surface area contributed by atoms with Crippen LogP contribution in [0, 0.1) is 11.3 Å². The lowest BCUT2D eigenvalue weighted by atomic mass is 10.1. The van der Waals surface area contributed by atoms with Gasteiger partial charge in [0.25, 0.3) is 5.91 Å². The first kappa shape index (κ1) is 16.7. The number of furan rings is 1. The van der Waals surface area contributed by atoms with Crippen molar-refractivity contribution < 1.29 is 9.21 Å². The predicted octanol–water partition coefficient (Wildman–Crippen LogP) is 2.79. The largest absolute Gasteiger partial charge is 0.467 e. The third-order valence-corrected chi connectivity index (χ3v) is 3.30. The second-order valence-corrected chi connectivity index (χ2v) is 5.20. The van der Waals surface area contributed by atoms with E-state index in [9.17, 15) is 4.79 Å². The molecule has 0 fully saturated rings.